The number of hydrogen-bond acceptors (Lipinski definition) is 3. The molecule has 0 aliphatic rings. The first-order chi connectivity index (χ1) is 7.62. The molecule has 0 aromatic rings. The van der Waals surface area contributed by atoms with E-state index in [1.807, 2.05) is 20.9 Å². The summed E-state index contributed by atoms with van der Waals surface area (Å²) >= 11 is 1.73. The van der Waals surface area contributed by atoms with Crippen molar-refractivity contribution in [3.8, 4) is 0 Å². The Morgan fingerprint density at radius 1 is 1.24 bits per heavy atom. The van der Waals surface area contributed by atoms with Gasteiger partial charge in [0.25, 0.3) is 0 Å². The summed E-state index contributed by atoms with van der Waals surface area (Å²) in [5.41, 5.74) is 0. The average molecular weight is 263 g/mol. The van der Waals surface area contributed by atoms with Crippen LogP contribution in [0.3, 0.4) is 0 Å². The molecule has 1 N–H and O–H groups in total. The molecule has 0 heterocycles. The molecule has 0 aromatic heterocycles. The van der Waals surface area contributed by atoms with Crippen molar-refractivity contribution < 1.29 is 6.22 Å². The number of hydrogen-bond donors (Lipinski definition) is 1. The molecule has 0 atom stereocenters. The van der Waals surface area contributed by atoms with Gasteiger partial charge < -0.3 is 5.32 Å². The minimum absolute atomic E-state index is 0. The number of thioether (sulfide) groups is 1. The zero-order valence-corrected chi connectivity index (χ0v) is 13.7. The quantitative estimate of drug-likeness (QED) is 0.789. The molecule has 2 nitrogen and oxygen atoms in total. The molecule has 0 rings (SSSR count). The van der Waals surface area contributed by atoms with Crippen LogP contribution in [-0.2, 0) is 4.79 Å². The fourth-order valence-electron chi connectivity index (χ4n) is 0.910. The fourth-order valence-corrected chi connectivity index (χ4v) is 2.02. The van der Waals surface area contributed by atoms with Gasteiger partial charge in [0.2, 0.25) is 0 Å². The first-order valence-electron chi connectivity index (χ1n) is 6.43. The van der Waals surface area contributed by atoms with Crippen LogP contribution in [-0.4, -0.2) is 29.9 Å². The van der Waals surface area contributed by atoms with Gasteiger partial charge in [0.05, 0.1) is 5.75 Å². The lowest BCUT2D eigenvalue weighted by Gasteiger charge is -2.23. The third-order valence-electron chi connectivity index (χ3n) is 1.85. The van der Waals surface area contributed by atoms with Gasteiger partial charge in [-0.1, -0.05) is 34.6 Å². The smallest absolute Gasteiger partial charge is 0.145 e. The van der Waals surface area contributed by atoms with E-state index >= 15 is 0 Å². The van der Waals surface area contributed by atoms with Crippen molar-refractivity contribution in [2.45, 2.75) is 53.2 Å². The van der Waals surface area contributed by atoms with Crippen LogP contribution in [0.15, 0.2) is 0 Å². The first-order valence-corrected chi connectivity index (χ1v) is 7.42. The highest BCUT2D eigenvalue weighted by Crippen LogP contribution is 2.23. The Morgan fingerprint density at radius 2 is 1.65 bits per heavy atom. The third-order valence-corrected chi connectivity index (χ3v) is 3.21. The van der Waals surface area contributed by atoms with Crippen molar-refractivity contribution in [1.82, 2.24) is 5.32 Å². The number of nitrogens with one attached hydrogen (secondary N) is 1. The van der Waals surface area contributed by atoms with Crippen LogP contribution in [0.1, 0.15) is 49.9 Å². The summed E-state index contributed by atoms with van der Waals surface area (Å²) in [7, 11) is 1.94. The standard InChI is InChI=1S/C10H21NOS.C4H10.H2/c1-8(2)9(12)6-13-10(3,4)7-11-5;1-4(2)3;/h8,11H,6-7H2,1-5H3;4H,1-3H3;1H. The molecule has 17 heavy (non-hydrogen) atoms. The van der Waals surface area contributed by atoms with E-state index in [4.69, 9.17) is 0 Å². The highest BCUT2D eigenvalue weighted by molar-refractivity contribution is 8.01. The number of carbonyl (C=O) groups excluding carboxylic acids is 1. The van der Waals surface area contributed by atoms with E-state index in [-0.39, 0.29) is 12.1 Å². The molecule has 0 spiro atoms. The molecule has 0 aliphatic heterocycles. The molecule has 3 heteroatoms. The molecule has 0 radical (unpaired) electrons. The third kappa shape index (κ3) is 16.0. The van der Waals surface area contributed by atoms with Crippen LogP contribution in [0.5, 0.6) is 0 Å². The highest BCUT2D eigenvalue weighted by atomic mass is 32.2. The average Bonchev–Trinajstić information content (AvgIpc) is 2.13. The van der Waals surface area contributed by atoms with Gasteiger partial charge in [-0.2, -0.15) is 0 Å². The maximum Gasteiger partial charge on any atom is 0.145 e. The summed E-state index contributed by atoms with van der Waals surface area (Å²) in [6.07, 6.45) is 0. The van der Waals surface area contributed by atoms with E-state index in [1.54, 1.807) is 11.8 Å². The monoisotopic (exact) mass is 263 g/mol. The molecule has 0 saturated carbocycles. The molecule has 0 bridgehead atoms. The molecule has 0 unspecified atom stereocenters. The molecule has 106 valence electrons. The SMILES string of the molecule is CC(C)C.CNCC(C)(C)SCC(=O)C(C)C.[HH]. The predicted molar refractivity (Wildman–Crippen MR) is 82.9 cm³/mol. The zero-order chi connectivity index (χ0) is 14.1. The Hall–Kier alpha value is -0.0200. The van der Waals surface area contributed by atoms with Gasteiger partial charge in [0.1, 0.15) is 5.78 Å². The maximum atomic E-state index is 11.4. The van der Waals surface area contributed by atoms with Gasteiger partial charge in [-0.3, -0.25) is 4.79 Å². The van der Waals surface area contributed by atoms with Gasteiger partial charge in [-0.15, -0.1) is 11.8 Å². The normalized spacial score (nSPS) is 11.4. The summed E-state index contributed by atoms with van der Waals surface area (Å²) in [6, 6.07) is 0. The Balaban J connectivity index is -0.000000392. The van der Waals surface area contributed by atoms with Crippen LogP contribution in [0.4, 0.5) is 0 Å². The summed E-state index contributed by atoms with van der Waals surface area (Å²) in [6.45, 7) is 15.6. The highest BCUT2D eigenvalue weighted by Gasteiger charge is 2.19. The van der Waals surface area contributed by atoms with Crippen LogP contribution < -0.4 is 5.32 Å². The van der Waals surface area contributed by atoms with Gasteiger partial charge in [0, 0.05) is 18.6 Å². The number of Topliss-reactive ketones (excluding diaryl/α,β-unsaturated/α-hetero) is 1. The van der Waals surface area contributed by atoms with E-state index in [2.05, 4.69) is 39.9 Å². The van der Waals surface area contributed by atoms with Crippen LogP contribution in [0, 0.1) is 11.8 Å². The van der Waals surface area contributed by atoms with E-state index in [9.17, 15) is 4.79 Å². The van der Waals surface area contributed by atoms with Crippen molar-refractivity contribution in [3.63, 3.8) is 0 Å². The van der Waals surface area contributed by atoms with Gasteiger partial charge in [-0.25, -0.2) is 0 Å². The molecule has 0 amide bonds. The first kappa shape index (κ1) is 19.3. The van der Waals surface area contributed by atoms with E-state index < -0.39 is 0 Å². The summed E-state index contributed by atoms with van der Waals surface area (Å²) < 4.78 is 0.152. The van der Waals surface area contributed by atoms with Crippen molar-refractivity contribution in [2.75, 3.05) is 19.3 Å². The van der Waals surface area contributed by atoms with Gasteiger partial charge in [-0.05, 0) is 26.8 Å². The summed E-state index contributed by atoms with van der Waals surface area (Å²) in [4.78, 5) is 11.4. The molecule has 0 aliphatic carbocycles. The molecular formula is C14H33NOS. The molecule has 0 aromatic carbocycles. The molecule has 0 saturated heterocycles. The number of rotatable bonds is 6. The lowest BCUT2D eigenvalue weighted by Crippen LogP contribution is -2.31. The van der Waals surface area contributed by atoms with Gasteiger partial charge in [0.15, 0.2) is 0 Å². The second kappa shape index (κ2) is 9.95. The minimum Gasteiger partial charge on any atom is -0.318 e. The molecule has 0 fully saturated rings. The second-order valence-electron chi connectivity index (χ2n) is 5.93. The number of carbonyl (C=O) groups is 1. The lowest BCUT2D eigenvalue weighted by molar-refractivity contribution is -0.119. The van der Waals surface area contributed by atoms with Crippen molar-refractivity contribution in [1.29, 1.82) is 0 Å². The topological polar surface area (TPSA) is 29.1 Å². The van der Waals surface area contributed by atoms with E-state index in [0.717, 1.165) is 12.5 Å². The fraction of sp³-hybridized carbons (Fsp3) is 0.929. The van der Waals surface area contributed by atoms with E-state index in [1.165, 1.54) is 0 Å². The Kier molecular flexibility index (Phi) is 11.3. The van der Waals surface area contributed by atoms with Crippen molar-refractivity contribution in [3.05, 3.63) is 0 Å². The lowest BCUT2D eigenvalue weighted by atomic mass is 10.1. The number of ketones is 1. The maximum absolute atomic E-state index is 11.4. The van der Waals surface area contributed by atoms with Crippen molar-refractivity contribution >= 4 is 17.5 Å². The largest absolute Gasteiger partial charge is 0.318 e. The van der Waals surface area contributed by atoms with Crippen LogP contribution in [0.2, 0.25) is 0 Å². The van der Waals surface area contributed by atoms with Gasteiger partial charge >= 0.3 is 0 Å². The Morgan fingerprint density at radius 3 is 1.94 bits per heavy atom. The van der Waals surface area contributed by atoms with Crippen LogP contribution in [0.25, 0.3) is 0 Å². The second-order valence-corrected chi connectivity index (χ2v) is 7.61. The summed E-state index contributed by atoms with van der Waals surface area (Å²) in [5, 5.41) is 3.13. The summed E-state index contributed by atoms with van der Waals surface area (Å²) in [5.74, 6) is 1.97. The van der Waals surface area contributed by atoms with Crippen molar-refractivity contribution in [2.24, 2.45) is 11.8 Å². The van der Waals surface area contributed by atoms with Crippen LogP contribution >= 0.6 is 11.8 Å². The van der Waals surface area contributed by atoms with E-state index in [0.29, 0.717) is 11.5 Å². The Bertz CT molecular complexity index is 203. The zero-order valence-electron chi connectivity index (χ0n) is 12.9. The predicted octanol–water partition coefficient (Wildman–Crippen LogP) is 3.85. The molecular weight excluding hydrogens is 230 g/mol. The Labute approximate surface area is 114 Å². The minimum atomic E-state index is 0.